The molecule has 3 heteroatoms. The lowest BCUT2D eigenvalue weighted by molar-refractivity contribution is 0.145. The van der Waals surface area contributed by atoms with Crippen molar-refractivity contribution < 1.29 is 5.11 Å². The second kappa shape index (κ2) is 4.45. The van der Waals surface area contributed by atoms with Crippen LogP contribution in [-0.2, 0) is 0 Å². The molecule has 15 heavy (non-hydrogen) atoms. The minimum Gasteiger partial charge on any atom is -0.393 e. The van der Waals surface area contributed by atoms with Crippen LogP contribution in [0, 0.1) is 0 Å². The molecule has 2 rings (SSSR count). The van der Waals surface area contributed by atoms with Gasteiger partial charge in [-0.05, 0) is 30.5 Å². The number of nitrogens with zero attached hydrogens (tertiary/aromatic N) is 2. The van der Waals surface area contributed by atoms with Crippen LogP contribution in [0.25, 0.3) is 6.08 Å². The summed E-state index contributed by atoms with van der Waals surface area (Å²) in [6.07, 6.45) is 5.16. The van der Waals surface area contributed by atoms with Gasteiger partial charge in [0.25, 0.3) is 0 Å². The zero-order valence-electron chi connectivity index (χ0n) is 8.76. The maximum atomic E-state index is 9.40. The van der Waals surface area contributed by atoms with Crippen LogP contribution in [0.5, 0.6) is 0 Å². The van der Waals surface area contributed by atoms with Crippen LogP contribution in [0.3, 0.4) is 0 Å². The molecule has 1 saturated heterocycles. The molecule has 0 radical (unpaired) electrons. The van der Waals surface area contributed by atoms with E-state index in [-0.39, 0.29) is 6.10 Å². The lowest BCUT2D eigenvalue weighted by atomic mass is 10.1. The van der Waals surface area contributed by atoms with Crippen LogP contribution >= 0.6 is 0 Å². The van der Waals surface area contributed by atoms with Crippen LogP contribution in [-0.4, -0.2) is 29.3 Å². The third-order valence-corrected chi connectivity index (χ3v) is 2.79. The standard InChI is InChI=1S/C12H16N2O/c1-2-10-3-4-12(13-9-10)14-7-5-11(15)6-8-14/h2-4,9,11,15H,1,5-8H2. The van der Waals surface area contributed by atoms with Crippen molar-refractivity contribution in [2.24, 2.45) is 0 Å². The highest BCUT2D eigenvalue weighted by Gasteiger charge is 2.17. The van der Waals surface area contributed by atoms with E-state index < -0.39 is 0 Å². The number of hydrogen-bond donors (Lipinski definition) is 1. The van der Waals surface area contributed by atoms with Crippen LogP contribution in [0.2, 0.25) is 0 Å². The number of pyridine rings is 1. The van der Waals surface area contributed by atoms with Gasteiger partial charge in [0, 0.05) is 19.3 Å². The Morgan fingerprint density at radius 2 is 2.13 bits per heavy atom. The number of aliphatic hydroxyl groups excluding tert-OH is 1. The van der Waals surface area contributed by atoms with E-state index in [1.165, 1.54) is 0 Å². The van der Waals surface area contributed by atoms with E-state index >= 15 is 0 Å². The highest BCUT2D eigenvalue weighted by Crippen LogP contribution is 2.17. The van der Waals surface area contributed by atoms with Crippen molar-refractivity contribution >= 4 is 11.9 Å². The number of aromatic nitrogens is 1. The van der Waals surface area contributed by atoms with Crippen molar-refractivity contribution in [3.05, 3.63) is 30.5 Å². The first-order valence-corrected chi connectivity index (χ1v) is 5.31. The topological polar surface area (TPSA) is 36.4 Å². The minimum absolute atomic E-state index is 0.131. The van der Waals surface area contributed by atoms with Gasteiger partial charge in [-0.15, -0.1) is 0 Å². The van der Waals surface area contributed by atoms with Gasteiger partial charge in [0.2, 0.25) is 0 Å². The molecule has 0 saturated carbocycles. The van der Waals surface area contributed by atoms with E-state index in [2.05, 4.69) is 16.5 Å². The Labute approximate surface area is 90.1 Å². The molecule has 1 fully saturated rings. The summed E-state index contributed by atoms with van der Waals surface area (Å²) in [6, 6.07) is 4.02. The van der Waals surface area contributed by atoms with Gasteiger partial charge in [-0.3, -0.25) is 0 Å². The average Bonchev–Trinajstić information content (AvgIpc) is 2.30. The van der Waals surface area contributed by atoms with Gasteiger partial charge >= 0.3 is 0 Å². The van der Waals surface area contributed by atoms with Crippen LogP contribution < -0.4 is 4.90 Å². The Morgan fingerprint density at radius 3 is 2.67 bits per heavy atom. The van der Waals surface area contributed by atoms with Gasteiger partial charge in [-0.25, -0.2) is 4.98 Å². The number of hydrogen-bond acceptors (Lipinski definition) is 3. The summed E-state index contributed by atoms with van der Waals surface area (Å²) in [5.41, 5.74) is 1.04. The monoisotopic (exact) mass is 204 g/mol. The molecule has 0 amide bonds. The summed E-state index contributed by atoms with van der Waals surface area (Å²) in [5.74, 6) is 0.993. The Hall–Kier alpha value is -1.35. The normalized spacial score (nSPS) is 17.8. The Bertz CT molecular complexity index is 326. The van der Waals surface area contributed by atoms with Crippen molar-refractivity contribution in [3.8, 4) is 0 Å². The van der Waals surface area contributed by atoms with Crippen molar-refractivity contribution in [2.75, 3.05) is 18.0 Å². The minimum atomic E-state index is -0.131. The fourth-order valence-electron chi connectivity index (χ4n) is 1.80. The first-order chi connectivity index (χ1) is 7.29. The van der Waals surface area contributed by atoms with Gasteiger partial charge in [0.1, 0.15) is 5.82 Å². The molecule has 3 nitrogen and oxygen atoms in total. The molecule has 0 bridgehead atoms. The predicted molar refractivity (Wildman–Crippen MR) is 61.8 cm³/mol. The molecule has 80 valence electrons. The molecule has 1 aromatic rings. The van der Waals surface area contributed by atoms with Crippen LogP contribution in [0.1, 0.15) is 18.4 Å². The van der Waals surface area contributed by atoms with E-state index in [0.717, 1.165) is 37.3 Å². The first-order valence-electron chi connectivity index (χ1n) is 5.31. The van der Waals surface area contributed by atoms with Crippen molar-refractivity contribution in [3.63, 3.8) is 0 Å². The van der Waals surface area contributed by atoms with Gasteiger partial charge in [0.15, 0.2) is 0 Å². The van der Waals surface area contributed by atoms with Gasteiger partial charge in [-0.1, -0.05) is 12.7 Å². The lowest BCUT2D eigenvalue weighted by Crippen LogP contribution is -2.36. The smallest absolute Gasteiger partial charge is 0.128 e. The molecule has 2 heterocycles. The van der Waals surface area contributed by atoms with Gasteiger partial charge in [-0.2, -0.15) is 0 Å². The first kappa shape index (κ1) is 10.2. The quantitative estimate of drug-likeness (QED) is 0.796. The molecule has 0 unspecified atom stereocenters. The molecule has 1 aromatic heterocycles. The Balaban J connectivity index is 2.06. The molecule has 0 aromatic carbocycles. The van der Waals surface area contributed by atoms with Gasteiger partial charge in [0.05, 0.1) is 6.10 Å². The van der Waals surface area contributed by atoms with E-state index in [0.29, 0.717) is 0 Å². The molecule has 0 atom stereocenters. The van der Waals surface area contributed by atoms with Gasteiger partial charge < -0.3 is 10.0 Å². The second-order valence-electron chi connectivity index (χ2n) is 3.87. The van der Waals surface area contributed by atoms with Crippen LogP contribution in [0.4, 0.5) is 5.82 Å². The van der Waals surface area contributed by atoms with E-state index in [9.17, 15) is 5.11 Å². The molecular formula is C12H16N2O. The highest BCUT2D eigenvalue weighted by atomic mass is 16.3. The summed E-state index contributed by atoms with van der Waals surface area (Å²) in [5, 5.41) is 9.40. The summed E-state index contributed by atoms with van der Waals surface area (Å²) >= 11 is 0. The second-order valence-corrected chi connectivity index (χ2v) is 3.87. The van der Waals surface area contributed by atoms with Crippen molar-refractivity contribution in [1.29, 1.82) is 0 Å². The molecule has 1 aliphatic rings. The summed E-state index contributed by atoms with van der Waals surface area (Å²) in [6.45, 7) is 5.48. The highest BCUT2D eigenvalue weighted by molar-refractivity contribution is 5.49. The third kappa shape index (κ3) is 2.36. The van der Waals surface area contributed by atoms with E-state index in [4.69, 9.17) is 0 Å². The molecule has 0 spiro atoms. The van der Waals surface area contributed by atoms with Crippen LogP contribution in [0.15, 0.2) is 24.9 Å². The predicted octanol–water partition coefficient (Wildman–Crippen LogP) is 1.69. The summed E-state index contributed by atoms with van der Waals surface area (Å²) in [4.78, 5) is 6.58. The van der Waals surface area contributed by atoms with Crippen molar-refractivity contribution in [2.45, 2.75) is 18.9 Å². The largest absolute Gasteiger partial charge is 0.393 e. The third-order valence-electron chi connectivity index (χ3n) is 2.79. The summed E-state index contributed by atoms with van der Waals surface area (Å²) in [7, 11) is 0. The van der Waals surface area contributed by atoms with E-state index in [1.807, 2.05) is 18.3 Å². The zero-order valence-corrected chi connectivity index (χ0v) is 8.76. The SMILES string of the molecule is C=Cc1ccc(N2CCC(O)CC2)nc1. The Kier molecular flexibility index (Phi) is 3.02. The fraction of sp³-hybridized carbons (Fsp3) is 0.417. The average molecular weight is 204 g/mol. The number of rotatable bonds is 2. The summed E-state index contributed by atoms with van der Waals surface area (Å²) < 4.78 is 0. The number of piperidine rings is 1. The van der Waals surface area contributed by atoms with E-state index in [1.54, 1.807) is 6.08 Å². The molecule has 0 aliphatic carbocycles. The Morgan fingerprint density at radius 1 is 1.40 bits per heavy atom. The number of aliphatic hydroxyl groups is 1. The molecule has 1 aliphatic heterocycles. The maximum absolute atomic E-state index is 9.40. The fourth-order valence-corrected chi connectivity index (χ4v) is 1.80. The molecular weight excluding hydrogens is 188 g/mol. The number of anilines is 1. The molecule has 1 N–H and O–H groups in total. The lowest BCUT2D eigenvalue weighted by Gasteiger charge is -2.30. The maximum Gasteiger partial charge on any atom is 0.128 e. The zero-order chi connectivity index (χ0) is 10.7. The van der Waals surface area contributed by atoms with Crippen molar-refractivity contribution in [1.82, 2.24) is 4.98 Å².